The first kappa shape index (κ1) is 21.4. The SMILES string of the molecule is COc1cccc(C2C3C(=O)N(C4CCCCC4)C(=O)C3ON2CC(=O)NCC2CC2)c1. The molecule has 0 radical (unpaired) electrons. The van der Waals surface area contributed by atoms with Crippen LogP contribution in [0.5, 0.6) is 5.75 Å². The smallest absolute Gasteiger partial charge is 0.261 e. The number of carbonyl (C=O) groups is 3. The molecule has 1 N–H and O–H groups in total. The molecule has 0 bridgehead atoms. The molecule has 2 saturated heterocycles. The minimum absolute atomic E-state index is 0.0222. The summed E-state index contributed by atoms with van der Waals surface area (Å²) in [6.07, 6.45) is 6.34. The zero-order valence-electron chi connectivity index (χ0n) is 18.5. The first-order valence-corrected chi connectivity index (χ1v) is 11.8. The molecule has 2 heterocycles. The first-order valence-electron chi connectivity index (χ1n) is 11.8. The second kappa shape index (κ2) is 8.83. The molecule has 1 aromatic carbocycles. The van der Waals surface area contributed by atoms with E-state index in [2.05, 4.69) is 5.32 Å². The topological polar surface area (TPSA) is 88.2 Å². The Morgan fingerprint density at radius 3 is 2.62 bits per heavy atom. The highest BCUT2D eigenvalue weighted by Crippen LogP contribution is 2.46. The minimum atomic E-state index is -0.878. The summed E-state index contributed by atoms with van der Waals surface area (Å²) >= 11 is 0. The van der Waals surface area contributed by atoms with Gasteiger partial charge in [0.1, 0.15) is 12.3 Å². The number of nitrogens with one attached hydrogen (secondary N) is 1. The molecule has 3 atom stereocenters. The number of likely N-dealkylation sites (tertiary alicyclic amines) is 1. The second-order valence-corrected chi connectivity index (χ2v) is 9.43. The maximum Gasteiger partial charge on any atom is 0.261 e. The van der Waals surface area contributed by atoms with Crippen LogP contribution < -0.4 is 10.1 Å². The average molecular weight is 442 g/mol. The van der Waals surface area contributed by atoms with Gasteiger partial charge in [0.2, 0.25) is 11.8 Å². The number of amides is 3. The molecule has 8 nitrogen and oxygen atoms in total. The van der Waals surface area contributed by atoms with Gasteiger partial charge in [-0.05, 0) is 49.3 Å². The molecule has 8 heteroatoms. The lowest BCUT2D eigenvalue weighted by molar-refractivity contribution is -0.183. The van der Waals surface area contributed by atoms with E-state index in [4.69, 9.17) is 9.57 Å². The number of hydroxylamine groups is 2. The molecule has 1 aromatic rings. The first-order chi connectivity index (χ1) is 15.6. The Bertz CT molecular complexity index is 895. The van der Waals surface area contributed by atoms with E-state index in [1.54, 1.807) is 7.11 Å². The van der Waals surface area contributed by atoms with Crippen molar-refractivity contribution in [1.82, 2.24) is 15.3 Å². The Labute approximate surface area is 188 Å². The van der Waals surface area contributed by atoms with Crippen molar-refractivity contribution < 1.29 is 24.0 Å². The van der Waals surface area contributed by atoms with Crippen molar-refractivity contribution in [3.63, 3.8) is 0 Å². The highest BCUT2D eigenvalue weighted by molar-refractivity contribution is 6.07. The molecule has 5 rings (SSSR count). The number of fused-ring (bicyclic) bond motifs is 1. The van der Waals surface area contributed by atoms with Crippen molar-refractivity contribution in [2.75, 3.05) is 20.2 Å². The van der Waals surface area contributed by atoms with E-state index < -0.39 is 18.1 Å². The third-order valence-electron chi connectivity index (χ3n) is 7.19. The summed E-state index contributed by atoms with van der Waals surface area (Å²) in [5.74, 6) is -0.0351. The number of nitrogens with zero attached hydrogens (tertiary/aromatic N) is 2. The third kappa shape index (κ3) is 4.01. The number of ether oxygens (including phenoxy) is 1. The van der Waals surface area contributed by atoms with Crippen LogP contribution in [0, 0.1) is 11.8 Å². The van der Waals surface area contributed by atoms with Crippen LogP contribution in [0.4, 0.5) is 0 Å². The number of hydrogen-bond donors (Lipinski definition) is 1. The van der Waals surface area contributed by atoms with Crippen molar-refractivity contribution in [3.8, 4) is 5.75 Å². The molecule has 172 valence electrons. The van der Waals surface area contributed by atoms with E-state index in [0.29, 0.717) is 18.2 Å². The molecule has 4 fully saturated rings. The quantitative estimate of drug-likeness (QED) is 0.653. The molecular formula is C24H31N3O5. The van der Waals surface area contributed by atoms with Gasteiger partial charge in [-0.2, -0.15) is 5.06 Å². The average Bonchev–Trinajstić information content (AvgIpc) is 3.52. The van der Waals surface area contributed by atoms with E-state index in [9.17, 15) is 14.4 Å². The van der Waals surface area contributed by atoms with E-state index in [0.717, 1.165) is 50.5 Å². The lowest BCUT2D eigenvalue weighted by Crippen LogP contribution is -2.45. The van der Waals surface area contributed by atoms with Crippen LogP contribution in [-0.2, 0) is 19.2 Å². The van der Waals surface area contributed by atoms with Gasteiger partial charge < -0.3 is 10.1 Å². The van der Waals surface area contributed by atoms with Crippen molar-refractivity contribution in [3.05, 3.63) is 29.8 Å². The lowest BCUT2D eigenvalue weighted by atomic mass is 9.90. The van der Waals surface area contributed by atoms with Gasteiger partial charge in [0.05, 0.1) is 19.1 Å². The molecule has 4 aliphatic rings. The monoisotopic (exact) mass is 441 g/mol. The van der Waals surface area contributed by atoms with Crippen LogP contribution in [-0.4, -0.2) is 60.0 Å². The molecule has 2 saturated carbocycles. The maximum atomic E-state index is 13.6. The van der Waals surface area contributed by atoms with Crippen molar-refractivity contribution in [1.29, 1.82) is 0 Å². The summed E-state index contributed by atoms with van der Waals surface area (Å²) in [5.41, 5.74) is 0.804. The zero-order chi connectivity index (χ0) is 22.2. The number of carbonyl (C=O) groups excluding carboxylic acids is 3. The summed E-state index contributed by atoms with van der Waals surface area (Å²) in [4.78, 5) is 46.9. The van der Waals surface area contributed by atoms with E-state index in [1.807, 2.05) is 24.3 Å². The van der Waals surface area contributed by atoms with Crippen molar-refractivity contribution in [2.24, 2.45) is 11.8 Å². The van der Waals surface area contributed by atoms with E-state index >= 15 is 0 Å². The summed E-state index contributed by atoms with van der Waals surface area (Å²) in [5, 5.41) is 4.48. The van der Waals surface area contributed by atoms with Crippen LogP contribution in [0.2, 0.25) is 0 Å². The third-order valence-corrected chi connectivity index (χ3v) is 7.19. The highest BCUT2D eigenvalue weighted by Gasteiger charge is 2.60. The minimum Gasteiger partial charge on any atom is -0.497 e. The predicted molar refractivity (Wildman–Crippen MR) is 115 cm³/mol. The fourth-order valence-corrected chi connectivity index (χ4v) is 5.30. The number of benzene rings is 1. The molecule has 3 unspecified atom stereocenters. The molecule has 2 aliphatic carbocycles. The fourth-order valence-electron chi connectivity index (χ4n) is 5.30. The zero-order valence-corrected chi connectivity index (χ0v) is 18.5. The van der Waals surface area contributed by atoms with Gasteiger partial charge in [0.15, 0.2) is 6.10 Å². The Hall–Kier alpha value is -2.45. The van der Waals surface area contributed by atoms with Gasteiger partial charge in [-0.25, -0.2) is 0 Å². The number of rotatable bonds is 7. The normalized spacial score (nSPS) is 28.8. The number of imide groups is 1. The van der Waals surface area contributed by atoms with E-state index in [-0.39, 0.29) is 30.3 Å². The van der Waals surface area contributed by atoms with Crippen LogP contribution in [0.1, 0.15) is 56.6 Å². The fraction of sp³-hybridized carbons (Fsp3) is 0.625. The summed E-state index contributed by atoms with van der Waals surface area (Å²) < 4.78 is 5.38. The Morgan fingerprint density at radius 2 is 1.91 bits per heavy atom. The number of hydrogen-bond acceptors (Lipinski definition) is 6. The van der Waals surface area contributed by atoms with Crippen molar-refractivity contribution >= 4 is 17.7 Å². The van der Waals surface area contributed by atoms with Crippen LogP contribution in [0.25, 0.3) is 0 Å². The molecule has 2 aliphatic heterocycles. The van der Waals surface area contributed by atoms with Gasteiger partial charge in [0, 0.05) is 12.6 Å². The van der Waals surface area contributed by atoms with Gasteiger partial charge in [-0.15, -0.1) is 0 Å². The standard InChI is InChI=1S/C24H31N3O5/c1-31-18-9-5-6-16(12-18)21-20-22(32-26(21)14-19(28)25-13-15-10-11-15)24(30)27(23(20)29)17-7-3-2-4-8-17/h5-6,9,12,15,17,20-22H,2-4,7-8,10-11,13-14H2,1H3,(H,25,28). The van der Waals surface area contributed by atoms with Crippen molar-refractivity contribution in [2.45, 2.75) is 63.1 Å². The second-order valence-electron chi connectivity index (χ2n) is 9.43. The number of methoxy groups -OCH3 is 1. The molecule has 3 amide bonds. The maximum absolute atomic E-state index is 13.6. The summed E-state index contributed by atoms with van der Waals surface area (Å²) in [6.45, 7) is 0.641. The summed E-state index contributed by atoms with van der Waals surface area (Å²) in [7, 11) is 1.59. The Morgan fingerprint density at radius 1 is 1.12 bits per heavy atom. The molecule has 0 aromatic heterocycles. The van der Waals surface area contributed by atoms with Crippen LogP contribution in [0.15, 0.2) is 24.3 Å². The Balaban J connectivity index is 1.41. The van der Waals surface area contributed by atoms with Crippen LogP contribution in [0.3, 0.4) is 0 Å². The van der Waals surface area contributed by atoms with Gasteiger partial charge in [0.25, 0.3) is 5.91 Å². The highest BCUT2D eigenvalue weighted by atomic mass is 16.7. The van der Waals surface area contributed by atoms with Gasteiger partial charge in [-0.3, -0.25) is 24.1 Å². The van der Waals surface area contributed by atoms with Gasteiger partial charge >= 0.3 is 0 Å². The molecule has 32 heavy (non-hydrogen) atoms. The Kier molecular flexibility index (Phi) is 5.90. The summed E-state index contributed by atoms with van der Waals surface area (Å²) in [6, 6.07) is 6.87. The van der Waals surface area contributed by atoms with Gasteiger partial charge in [-0.1, -0.05) is 31.4 Å². The lowest BCUT2D eigenvalue weighted by Gasteiger charge is -2.32. The molecule has 0 spiro atoms. The predicted octanol–water partition coefficient (Wildman–Crippen LogP) is 2.20. The molecular weight excluding hydrogens is 410 g/mol. The largest absolute Gasteiger partial charge is 0.497 e. The van der Waals surface area contributed by atoms with E-state index in [1.165, 1.54) is 9.96 Å². The van der Waals surface area contributed by atoms with Crippen LogP contribution >= 0.6 is 0 Å².